The quantitative estimate of drug-likeness (QED) is 0.162. The number of aliphatic hydroxyl groups excluding tert-OH is 5. The van der Waals surface area contributed by atoms with Crippen molar-refractivity contribution in [1.29, 1.82) is 0 Å². The van der Waals surface area contributed by atoms with Gasteiger partial charge in [0.15, 0.2) is 18.2 Å². The minimum Gasteiger partial charge on any atom is -0.457 e. The molecule has 0 aromatic heterocycles. The molecular weight excluding hydrogens is 636 g/mol. The Labute approximate surface area is 289 Å². The highest BCUT2D eigenvalue weighted by molar-refractivity contribution is 5.66. The van der Waals surface area contributed by atoms with E-state index in [2.05, 4.69) is 20.8 Å². The molecule has 7 fully saturated rings. The molecule has 7 aliphatic rings. The Kier molecular flexibility index (Phi) is 8.22. The first-order valence-corrected chi connectivity index (χ1v) is 18.5. The first-order valence-electron chi connectivity index (χ1n) is 18.5. The van der Waals surface area contributed by atoms with Crippen LogP contribution in [0.5, 0.6) is 0 Å². The second kappa shape index (κ2) is 11.1. The van der Waals surface area contributed by atoms with E-state index in [1.807, 2.05) is 13.8 Å². The molecule has 0 aromatic carbocycles. The lowest BCUT2D eigenvalue weighted by atomic mass is 9.40. The third kappa shape index (κ3) is 4.61. The molecule has 7 N–H and O–H groups in total. The Hall–Kier alpha value is -0.930. The number of rotatable bonds is 5. The minimum atomic E-state index is -1.98. The highest BCUT2D eigenvalue weighted by Crippen LogP contribution is 2.89. The standard InChI is InChI=1S/C37H60O12/c1-17-13-21(28(32(5,6)44)47-18(2)38)49-37(45)26(17)33(7)11-12-36-16-35(36)10-9-23(48-29-25(42)24(41)20(40)15-46-29)31(3,4)22(35)14-19(39)27(36)34(33,8)30(37)43/h17,19-30,39-45H,9-16H2,1-8H3/t17-,19+,20-,21-,22+,23+,24+,25-,26-,27+,28-,29+,30-,33-,34-,35-,36+,37?/m1/s1. The molecular formula is C37H60O12. The van der Waals surface area contributed by atoms with Gasteiger partial charge < -0.3 is 54.7 Å². The van der Waals surface area contributed by atoms with E-state index in [0.29, 0.717) is 19.3 Å². The average molecular weight is 697 g/mol. The second-order valence-electron chi connectivity index (χ2n) is 18.9. The zero-order valence-electron chi connectivity index (χ0n) is 30.3. The average Bonchev–Trinajstić information content (AvgIpc) is 3.61. The normalized spacial score (nSPS) is 56.7. The van der Waals surface area contributed by atoms with Crippen LogP contribution in [-0.4, -0.2) is 115 Å². The summed E-state index contributed by atoms with van der Waals surface area (Å²) in [7, 11) is 0. The Balaban J connectivity index is 1.19. The maximum atomic E-state index is 12.6. The first-order chi connectivity index (χ1) is 22.5. The third-order valence-corrected chi connectivity index (χ3v) is 15.9. The maximum Gasteiger partial charge on any atom is 0.303 e. The van der Waals surface area contributed by atoms with Crippen molar-refractivity contribution >= 4 is 5.97 Å². The highest BCUT2D eigenvalue weighted by atomic mass is 16.7. The SMILES string of the molecule is CC(=O)O[C@H]([C@H]1C[C@@H](C)[C@H]2C(O)(O1)[C@H](O)[C@@]1(C)[C@@H]3[C@@H](O)C[C@H]4C(C)(C)[C@@H](O[C@@H]5OC[C@@H](O)[C@H](O)[C@H]5O)CC[C@@]45C[C@@]35CC[C@]21C)C(C)(C)O. The van der Waals surface area contributed by atoms with E-state index in [4.69, 9.17) is 18.9 Å². The van der Waals surface area contributed by atoms with E-state index in [-0.39, 0.29) is 41.3 Å². The van der Waals surface area contributed by atoms with Crippen LogP contribution in [0.3, 0.4) is 0 Å². The highest BCUT2D eigenvalue weighted by Gasteiger charge is 2.88. The molecule has 7 rings (SSSR count). The van der Waals surface area contributed by atoms with Crippen LogP contribution in [0.1, 0.15) is 100 Å². The topological polar surface area (TPSA) is 196 Å². The largest absolute Gasteiger partial charge is 0.457 e. The van der Waals surface area contributed by atoms with Crippen LogP contribution in [0, 0.1) is 50.7 Å². The molecule has 49 heavy (non-hydrogen) atoms. The molecule has 0 aromatic rings. The van der Waals surface area contributed by atoms with Crippen molar-refractivity contribution in [2.24, 2.45) is 50.7 Å². The first kappa shape index (κ1) is 36.4. The fourth-order valence-electron chi connectivity index (χ4n) is 13.8. The molecule has 0 radical (unpaired) electrons. The van der Waals surface area contributed by atoms with Crippen LogP contribution < -0.4 is 0 Å². The number of aliphatic hydroxyl groups is 7. The number of ether oxygens (including phenoxy) is 4. The number of hydrogen-bond donors (Lipinski definition) is 7. The summed E-state index contributed by atoms with van der Waals surface area (Å²) in [6, 6.07) is 0. The van der Waals surface area contributed by atoms with E-state index in [9.17, 15) is 40.5 Å². The lowest BCUT2D eigenvalue weighted by Gasteiger charge is -2.64. The molecule has 12 nitrogen and oxygen atoms in total. The number of fused-ring (bicyclic) bond motifs is 4. The predicted octanol–water partition coefficient (Wildman–Crippen LogP) is 1.62. The van der Waals surface area contributed by atoms with Crippen LogP contribution >= 0.6 is 0 Å². The van der Waals surface area contributed by atoms with Gasteiger partial charge in [0, 0.05) is 18.3 Å². The number of esters is 1. The number of carbonyl (C=O) groups is 1. The smallest absolute Gasteiger partial charge is 0.303 e. The van der Waals surface area contributed by atoms with Gasteiger partial charge in [-0.2, -0.15) is 0 Å². The van der Waals surface area contributed by atoms with Crippen LogP contribution in [0.15, 0.2) is 0 Å². The van der Waals surface area contributed by atoms with E-state index >= 15 is 0 Å². The molecule has 2 spiro atoms. The monoisotopic (exact) mass is 696 g/mol. The molecule has 5 aliphatic carbocycles. The molecule has 2 aliphatic heterocycles. The minimum absolute atomic E-state index is 0.0777. The molecule has 5 saturated carbocycles. The van der Waals surface area contributed by atoms with Crippen LogP contribution in [0.2, 0.25) is 0 Å². The van der Waals surface area contributed by atoms with Gasteiger partial charge in [-0.05, 0) is 98.2 Å². The molecule has 2 heterocycles. The van der Waals surface area contributed by atoms with Gasteiger partial charge in [-0.1, -0.05) is 34.6 Å². The maximum absolute atomic E-state index is 12.6. The summed E-state index contributed by atoms with van der Waals surface area (Å²) in [4.78, 5) is 12.1. The summed E-state index contributed by atoms with van der Waals surface area (Å²) in [6.07, 6.45) is -4.39. The second-order valence-corrected chi connectivity index (χ2v) is 18.9. The van der Waals surface area contributed by atoms with Crippen molar-refractivity contribution in [2.75, 3.05) is 6.61 Å². The molecule has 280 valence electrons. The lowest BCUT2D eigenvalue weighted by molar-refractivity contribution is -0.343. The summed E-state index contributed by atoms with van der Waals surface area (Å²) in [6.45, 7) is 14.8. The summed E-state index contributed by atoms with van der Waals surface area (Å²) in [5, 5.41) is 79.3. The molecule has 18 atom stereocenters. The number of carbonyl (C=O) groups excluding carboxylic acids is 1. The molecule has 0 bridgehead atoms. The van der Waals surface area contributed by atoms with E-state index in [1.54, 1.807) is 13.8 Å². The number of hydrogen-bond acceptors (Lipinski definition) is 12. The fourth-order valence-corrected chi connectivity index (χ4v) is 13.8. The Morgan fingerprint density at radius 1 is 0.918 bits per heavy atom. The zero-order valence-corrected chi connectivity index (χ0v) is 30.3. The van der Waals surface area contributed by atoms with Gasteiger partial charge in [0.25, 0.3) is 0 Å². The fraction of sp³-hybridized carbons (Fsp3) is 0.973. The van der Waals surface area contributed by atoms with E-state index in [1.165, 1.54) is 6.92 Å². The Bertz CT molecular complexity index is 1330. The van der Waals surface area contributed by atoms with E-state index in [0.717, 1.165) is 25.7 Å². The molecule has 12 heteroatoms. The van der Waals surface area contributed by atoms with Crippen molar-refractivity contribution in [1.82, 2.24) is 0 Å². The summed E-state index contributed by atoms with van der Waals surface area (Å²) < 4.78 is 24.1. The van der Waals surface area contributed by atoms with Crippen LogP contribution in [0.25, 0.3) is 0 Å². The van der Waals surface area contributed by atoms with Crippen molar-refractivity contribution < 1.29 is 59.5 Å². The van der Waals surface area contributed by atoms with Gasteiger partial charge in [0.1, 0.15) is 30.5 Å². The predicted molar refractivity (Wildman–Crippen MR) is 173 cm³/mol. The van der Waals surface area contributed by atoms with Crippen LogP contribution in [0.4, 0.5) is 0 Å². The molecule has 0 amide bonds. The van der Waals surface area contributed by atoms with Gasteiger partial charge in [-0.15, -0.1) is 0 Å². The van der Waals surface area contributed by atoms with Gasteiger partial charge in [-0.25, -0.2) is 0 Å². The van der Waals surface area contributed by atoms with Crippen molar-refractivity contribution in [3.63, 3.8) is 0 Å². The molecule has 2 saturated heterocycles. The van der Waals surface area contributed by atoms with Gasteiger partial charge in [0.05, 0.1) is 24.4 Å². The summed E-state index contributed by atoms with van der Waals surface area (Å²) in [5.74, 6) is -3.38. The Morgan fingerprint density at radius 2 is 1.59 bits per heavy atom. The molecule has 1 unspecified atom stereocenters. The van der Waals surface area contributed by atoms with Gasteiger partial charge >= 0.3 is 5.97 Å². The summed E-state index contributed by atoms with van der Waals surface area (Å²) >= 11 is 0. The Morgan fingerprint density at radius 3 is 2.22 bits per heavy atom. The third-order valence-electron chi connectivity index (χ3n) is 15.9. The van der Waals surface area contributed by atoms with Crippen molar-refractivity contribution in [2.45, 2.75) is 167 Å². The lowest BCUT2D eigenvalue weighted by Crippen LogP contribution is -2.64. The van der Waals surface area contributed by atoms with Crippen LogP contribution in [-0.2, 0) is 23.7 Å². The summed E-state index contributed by atoms with van der Waals surface area (Å²) in [5.41, 5.74) is -3.73. The van der Waals surface area contributed by atoms with Crippen molar-refractivity contribution in [3.05, 3.63) is 0 Å². The van der Waals surface area contributed by atoms with E-state index < -0.39 is 88.5 Å². The zero-order chi connectivity index (χ0) is 36.1. The van der Waals surface area contributed by atoms with Crippen molar-refractivity contribution in [3.8, 4) is 0 Å². The van der Waals surface area contributed by atoms with Gasteiger partial charge in [0.2, 0.25) is 0 Å². The van der Waals surface area contributed by atoms with Gasteiger partial charge in [-0.3, -0.25) is 4.79 Å².